The van der Waals surface area contributed by atoms with Crippen molar-refractivity contribution in [2.45, 2.75) is 241 Å². The van der Waals surface area contributed by atoms with E-state index in [4.69, 9.17) is 11.5 Å². The minimum atomic E-state index is -1.87. The van der Waals surface area contributed by atoms with Crippen LogP contribution in [0.3, 0.4) is 0 Å². The van der Waals surface area contributed by atoms with Crippen LogP contribution in [0.1, 0.15) is 147 Å². The van der Waals surface area contributed by atoms with Gasteiger partial charge in [-0.1, -0.05) is 102 Å². The van der Waals surface area contributed by atoms with Crippen LogP contribution in [0.15, 0.2) is 97.7 Å². The maximum absolute atomic E-state index is 15.6. The van der Waals surface area contributed by atoms with E-state index < -0.39 is 223 Å². The number of phenolic OH excluding ortho intramolecular Hbond substituents is 1. The van der Waals surface area contributed by atoms with E-state index in [2.05, 4.69) is 73.1 Å². The summed E-state index contributed by atoms with van der Waals surface area (Å²) in [7, 11) is 2.72. The van der Waals surface area contributed by atoms with Gasteiger partial charge in [0.1, 0.15) is 90.3 Å². The Morgan fingerprint density at radius 1 is 0.538 bits per heavy atom. The number of benzene rings is 3. The van der Waals surface area contributed by atoms with Gasteiger partial charge in [0.2, 0.25) is 100 Å². The average molecular weight is 1850 g/mol. The number of rotatable bonds is 22. The predicted octanol–water partition coefficient (Wildman–Crippen LogP) is -1.64. The molecular weight excluding hydrogens is 1730 g/mol. The second-order valence-corrected chi connectivity index (χ2v) is 35.6. The summed E-state index contributed by atoms with van der Waals surface area (Å²) in [4.78, 5) is 269. The monoisotopic (exact) mass is 1850 g/mol. The third kappa shape index (κ3) is 26.9. The van der Waals surface area contributed by atoms with Crippen LogP contribution in [0.5, 0.6) is 5.75 Å². The van der Waals surface area contributed by atoms with E-state index in [9.17, 15) is 53.7 Å². The molecule has 1 unspecified atom stereocenters. The number of hydrogen-bond acceptors (Lipinski definition) is 22. The predicted molar refractivity (Wildman–Crippen MR) is 483 cm³/mol. The van der Waals surface area contributed by atoms with Crippen molar-refractivity contribution < 1.29 is 96.8 Å². The first-order valence-corrected chi connectivity index (χ1v) is 46.0. The zero-order valence-corrected chi connectivity index (χ0v) is 76.0. The van der Waals surface area contributed by atoms with Crippen molar-refractivity contribution in [1.29, 1.82) is 0 Å². The Labute approximate surface area is 767 Å². The Balaban J connectivity index is 1.00. The molecule has 4 aliphatic rings. The SMILES string of the molecule is CCCC[C@H]1C(=O)N(C)[C@@H](CCCC)C(=O)N[C@@H](C)C(=O)N[C@H](C(=O)NCC(N)=O)CSCC(=O)NC(Cc2ccc(O)cc2)C(=O)N2CCCC[C@H]2C(=O)N[C@@H](CC(N)=O)C(=O)N2CCC[C@H]2C(=O)N[C@@H](Cc2c[nH]cn2)C(=O)N[C@@H](CC(C)C)C(=O)N2C[C@H](O)C[C@H]2C(=O)N[C@@H](Cc2c[nH]c3ccccc23)C(=O)N[C@@H](CO)C(=O)N[C@@H](Cc2c[nH]c3ccccc23)C(=O)N1C. The highest BCUT2D eigenvalue weighted by atomic mass is 32.2. The maximum Gasteiger partial charge on any atom is 0.246 e. The number of phenols is 1. The van der Waals surface area contributed by atoms with Gasteiger partial charge in [-0.2, -0.15) is 0 Å². The van der Waals surface area contributed by atoms with E-state index in [0.717, 1.165) is 31.4 Å². The number of para-hydroxylation sites is 2. The number of aliphatic hydroxyl groups excluding tert-OH is 2. The van der Waals surface area contributed by atoms with E-state index >= 15 is 43.2 Å². The summed E-state index contributed by atoms with van der Waals surface area (Å²) >= 11 is 0.804. The van der Waals surface area contributed by atoms with Crippen LogP contribution >= 0.6 is 11.8 Å². The van der Waals surface area contributed by atoms with Gasteiger partial charge < -0.3 is 119 Å². The number of aromatic amines is 3. The van der Waals surface area contributed by atoms with Gasteiger partial charge in [-0.15, -0.1) is 11.8 Å². The Kier molecular flexibility index (Phi) is 36.6. The summed E-state index contributed by atoms with van der Waals surface area (Å²) in [5, 5.41) is 60.8. The minimum Gasteiger partial charge on any atom is -0.508 e. The summed E-state index contributed by atoms with van der Waals surface area (Å²) in [5.41, 5.74) is 14.2. The highest BCUT2D eigenvalue weighted by molar-refractivity contribution is 8.00. The molecule has 41 nitrogen and oxygen atoms in total. The first kappa shape index (κ1) is 101. The number of nitrogens with zero attached hydrogens (tertiary/aromatic N) is 6. The second-order valence-electron chi connectivity index (χ2n) is 34.6. The van der Waals surface area contributed by atoms with Gasteiger partial charge in [0.15, 0.2) is 0 Å². The molecule has 4 saturated heterocycles. The fourth-order valence-electron chi connectivity index (χ4n) is 17.1. The second kappa shape index (κ2) is 47.7. The quantitative estimate of drug-likeness (QED) is 0.0362. The third-order valence-electron chi connectivity index (χ3n) is 24.2. The summed E-state index contributed by atoms with van der Waals surface area (Å²) in [5.74, 6) is -16.8. The van der Waals surface area contributed by atoms with Crippen LogP contribution in [-0.4, -0.2) is 309 Å². The van der Waals surface area contributed by atoms with Crippen molar-refractivity contribution >= 4 is 134 Å². The molecule has 6 aromatic rings. The van der Waals surface area contributed by atoms with Crippen molar-refractivity contribution in [2.75, 3.05) is 58.4 Å². The fraction of sp³-hybridized carbons (Fsp3) is 0.533. The summed E-state index contributed by atoms with van der Waals surface area (Å²) in [6.45, 7) is 6.13. The van der Waals surface area contributed by atoms with Crippen LogP contribution in [0, 0.1) is 5.92 Å². The summed E-state index contributed by atoms with van der Waals surface area (Å²) in [6, 6.07) is -1.38. The fourth-order valence-corrected chi connectivity index (χ4v) is 18.0. The van der Waals surface area contributed by atoms with E-state index in [1.807, 2.05) is 13.8 Å². The topological polar surface area (TPSA) is 600 Å². The number of nitrogens with two attached hydrogens (primary N) is 2. The van der Waals surface area contributed by atoms with Crippen molar-refractivity contribution in [3.05, 3.63) is 120 Å². The average Bonchev–Trinajstić information content (AvgIpc) is 1.50. The highest BCUT2D eigenvalue weighted by Gasteiger charge is 2.47. The first-order valence-electron chi connectivity index (χ1n) is 44.8. The number of aromatic hydroxyl groups is 1. The number of thioether (sulfide) groups is 1. The van der Waals surface area contributed by atoms with Gasteiger partial charge in [0.05, 0.1) is 43.5 Å². The van der Waals surface area contributed by atoms with Crippen LogP contribution in [-0.2, 0) is 107 Å². The Bertz CT molecular complexity index is 5120. The molecule has 17 amide bonds. The van der Waals surface area contributed by atoms with Crippen molar-refractivity contribution in [3.63, 3.8) is 0 Å². The van der Waals surface area contributed by atoms with Crippen LogP contribution in [0.2, 0.25) is 0 Å². The standard InChI is InChI=1S/C90H123N21O20S/c1-8-10-23-69-82(123)98-50(5)77(118)106-68(78(119)96-43-75(92)116)46-132-47-76(117)99-64(34-51-27-29-55(113)30-28-51)87(128)109-31-17-16-25-70(109)84(125)104-66(39-74(91)115)88(129)110-32-18-26-71(110)83(124)101-62(37-54-42-93-48-97-54)80(121)102-63(33-49(3)4)89(130)111-44-56(114)38-73(111)85(126)100-61(35-52-40-94-59-21-14-12-19-57(52)59)79(120)105-67(45-112)81(122)103-65(36-53-41-95-60-22-15-13-20-58(53)60)86(127)108(7)72(24-11-9-2)90(131)107(69)6/h12-15,19-22,27-30,40-42,48-50,56,61-73,94-95,112-114H,8-11,16-18,23-26,31-39,43-47H2,1-7H3,(H2,91,115)(H2,92,116)(H,93,97)(H,96,119)(H,98,123)(H,99,117)(H,100,126)(H,101,124)(H,102,121)(H,103,122)(H,104,125)(H,105,120)(H,106,118)/t50-,56+,61-,62-,63-,64?,65-,66-,67-,68-,69-,70-,71-,72-,73-/m0/s1. The zero-order valence-electron chi connectivity index (χ0n) is 75.2. The van der Waals surface area contributed by atoms with E-state index in [0.29, 0.717) is 77.0 Å². The molecule has 714 valence electrons. The zero-order chi connectivity index (χ0) is 95.7. The van der Waals surface area contributed by atoms with Crippen LogP contribution in [0.25, 0.3) is 21.8 Å². The largest absolute Gasteiger partial charge is 0.508 e. The number of fused-ring (bicyclic) bond motifs is 5. The molecule has 0 radical (unpaired) electrons. The number of unbranched alkanes of at least 4 members (excludes halogenated alkanes) is 2. The van der Waals surface area contributed by atoms with Crippen LogP contribution in [0.4, 0.5) is 0 Å². The number of nitrogens with one attached hydrogen (secondary N) is 13. The lowest BCUT2D eigenvalue weighted by Crippen LogP contribution is -2.62. The number of primary amides is 2. The van der Waals surface area contributed by atoms with Crippen molar-refractivity contribution in [2.24, 2.45) is 17.4 Å². The lowest BCUT2D eigenvalue weighted by molar-refractivity contribution is -0.149. The van der Waals surface area contributed by atoms with E-state index in [1.54, 1.807) is 74.8 Å². The van der Waals surface area contributed by atoms with Crippen molar-refractivity contribution in [1.82, 2.24) is 97.6 Å². The normalized spacial score (nSPS) is 25.6. The molecule has 20 N–H and O–H groups in total. The number of amides is 17. The molecule has 0 saturated carbocycles. The number of likely N-dealkylation sites (N-methyl/N-ethyl adjacent to an activating group) is 2. The smallest absolute Gasteiger partial charge is 0.246 e. The minimum absolute atomic E-state index is 0.000340. The molecule has 15 atom stereocenters. The van der Waals surface area contributed by atoms with E-state index in [1.165, 1.54) is 62.7 Å². The summed E-state index contributed by atoms with van der Waals surface area (Å²) in [6.07, 6.45) is 5.11. The molecule has 7 heterocycles. The lowest BCUT2D eigenvalue weighted by Gasteiger charge is -2.38. The number of carbonyl (C=O) groups excluding carboxylic acids is 17. The molecule has 4 aliphatic heterocycles. The van der Waals surface area contributed by atoms with Gasteiger partial charge >= 0.3 is 0 Å². The van der Waals surface area contributed by atoms with Crippen molar-refractivity contribution in [3.8, 4) is 5.75 Å². The molecular formula is C90H123N21O20S. The molecule has 4 fully saturated rings. The number of aromatic nitrogens is 4. The number of imidazole rings is 1. The van der Waals surface area contributed by atoms with Crippen LogP contribution < -0.4 is 64.6 Å². The van der Waals surface area contributed by atoms with E-state index in [-0.39, 0.29) is 107 Å². The lowest BCUT2D eigenvalue weighted by atomic mass is 9.97. The molecule has 42 heteroatoms. The first-order chi connectivity index (χ1) is 63.1. The Morgan fingerprint density at radius 2 is 1.06 bits per heavy atom. The Hall–Kier alpha value is -13.0. The molecule has 0 spiro atoms. The maximum atomic E-state index is 15.6. The molecule has 0 bridgehead atoms. The number of aliphatic hydroxyl groups is 2. The molecule has 3 aromatic carbocycles. The van der Waals surface area contributed by atoms with Gasteiger partial charge in [0, 0.05) is 112 Å². The van der Waals surface area contributed by atoms with Gasteiger partial charge in [-0.3, -0.25) is 81.5 Å². The number of carbonyl (C=O) groups is 17. The Morgan fingerprint density at radius 3 is 1.65 bits per heavy atom. The summed E-state index contributed by atoms with van der Waals surface area (Å²) < 4.78 is 0. The van der Waals surface area contributed by atoms with Gasteiger partial charge in [-0.25, -0.2) is 4.98 Å². The number of hydrogen-bond donors (Lipinski definition) is 18. The van der Waals surface area contributed by atoms with Gasteiger partial charge in [0.25, 0.3) is 0 Å². The highest BCUT2D eigenvalue weighted by Crippen LogP contribution is 2.29. The number of H-pyrrole nitrogens is 3. The third-order valence-corrected chi connectivity index (χ3v) is 25.3. The molecule has 10 rings (SSSR count). The van der Waals surface area contributed by atoms with Gasteiger partial charge in [-0.05, 0) is 105 Å². The molecule has 132 heavy (non-hydrogen) atoms. The molecule has 3 aromatic heterocycles. The molecule has 0 aliphatic carbocycles. The number of piperidine rings is 1.